The van der Waals surface area contributed by atoms with E-state index in [1.165, 1.54) is 11.3 Å². The molecule has 2 N–H and O–H groups in total. The van der Waals surface area contributed by atoms with Gasteiger partial charge in [-0.3, -0.25) is 0 Å². The predicted octanol–water partition coefficient (Wildman–Crippen LogP) is 1.73. The number of morpholine rings is 1. The Balaban J connectivity index is 1.93. The Bertz CT molecular complexity index is 434. The maximum atomic E-state index is 10.2. The highest BCUT2D eigenvalue weighted by Gasteiger charge is 2.19. The molecule has 5 heteroatoms. The summed E-state index contributed by atoms with van der Waals surface area (Å²) in [5, 5.41) is 13.6. The normalized spacial score (nSPS) is 18.5. The second-order valence-electron chi connectivity index (χ2n) is 5.76. The molecule has 1 unspecified atom stereocenters. The van der Waals surface area contributed by atoms with Crippen LogP contribution in [0.5, 0.6) is 0 Å². The van der Waals surface area contributed by atoms with Gasteiger partial charge in [-0.05, 0) is 24.8 Å². The molecular formula is C16H26N2O2S. The van der Waals surface area contributed by atoms with Gasteiger partial charge in [0, 0.05) is 37.6 Å². The third kappa shape index (κ3) is 5.18. The molecule has 0 aliphatic carbocycles. The van der Waals surface area contributed by atoms with Crippen LogP contribution in [-0.2, 0) is 11.3 Å². The summed E-state index contributed by atoms with van der Waals surface area (Å²) in [5.41, 5.74) is 1.89. The Morgan fingerprint density at radius 1 is 1.33 bits per heavy atom. The van der Waals surface area contributed by atoms with Gasteiger partial charge in [0.15, 0.2) is 0 Å². The van der Waals surface area contributed by atoms with E-state index < -0.39 is 5.60 Å². The van der Waals surface area contributed by atoms with Crippen LogP contribution in [-0.4, -0.2) is 55.6 Å². The van der Waals surface area contributed by atoms with Gasteiger partial charge >= 0.3 is 0 Å². The van der Waals surface area contributed by atoms with Crippen LogP contribution in [0.1, 0.15) is 12.5 Å². The van der Waals surface area contributed by atoms with Crippen molar-refractivity contribution in [1.29, 1.82) is 0 Å². The topological polar surface area (TPSA) is 44.7 Å². The van der Waals surface area contributed by atoms with Gasteiger partial charge in [-0.15, -0.1) is 0 Å². The van der Waals surface area contributed by atoms with Gasteiger partial charge in [-0.2, -0.15) is 11.8 Å². The molecule has 0 radical (unpaired) electrons. The van der Waals surface area contributed by atoms with Crippen LogP contribution in [0.4, 0.5) is 5.69 Å². The van der Waals surface area contributed by atoms with Gasteiger partial charge in [0.25, 0.3) is 0 Å². The first-order chi connectivity index (χ1) is 10.1. The van der Waals surface area contributed by atoms with Crippen LogP contribution in [0.3, 0.4) is 0 Å². The molecule has 1 aromatic rings. The number of thioether (sulfide) groups is 1. The first-order valence-corrected chi connectivity index (χ1v) is 8.84. The maximum Gasteiger partial charge on any atom is 0.0833 e. The Morgan fingerprint density at radius 2 is 2.05 bits per heavy atom. The quantitative estimate of drug-likeness (QED) is 0.803. The van der Waals surface area contributed by atoms with Gasteiger partial charge in [-0.1, -0.05) is 18.2 Å². The van der Waals surface area contributed by atoms with E-state index in [0.717, 1.165) is 38.6 Å². The molecule has 0 aromatic heterocycles. The van der Waals surface area contributed by atoms with E-state index in [0.29, 0.717) is 6.54 Å². The summed E-state index contributed by atoms with van der Waals surface area (Å²) < 4.78 is 5.42. The number of nitrogens with zero attached hydrogens (tertiary/aromatic N) is 1. The molecule has 0 amide bonds. The molecule has 1 heterocycles. The Morgan fingerprint density at radius 3 is 2.76 bits per heavy atom. The Labute approximate surface area is 131 Å². The van der Waals surface area contributed by atoms with Crippen LogP contribution < -0.4 is 10.2 Å². The number of para-hydroxylation sites is 1. The van der Waals surface area contributed by atoms with Gasteiger partial charge < -0.3 is 20.1 Å². The molecule has 0 saturated carbocycles. The second-order valence-corrected chi connectivity index (χ2v) is 6.63. The van der Waals surface area contributed by atoms with Crippen LogP contribution in [0.25, 0.3) is 0 Å². The van der Waals surface area contributed by atoms with E-state index in [4.69, 9.17) is 4.74 Å². The summed E-state index contributed by atoms with van der Waals surface area (Å²) in [5.74, 6) is 0.741. The molecule has 0 spiro atoms. The fraction of sp³-hybridized carbons (Fsp3) is 0.625. The summed E-state index contributed by atoms with van der Waals surface area (Å²) in [6.45, 7) is 6.74. The molecule has 118 valence electrons. The van der Waals surface area contributed by atoms with E-state index in [1.807, 2.05) is 13.2 Å². The van der Waals surface area contributed by atoms with Crippen LogP contribution in [0.2, 0.25) is 0 Å². The first kappa shape index (κ1) is 16.6. The molecule has 21 heavy (non-hydrogen) atoms. The number of hydrogen-bond acceptors (Lipinski definition) is 5. The van der Waals surface area contributed by atoms with Gasteiger partial charge in [0.2, 0.25) is 0 Å². The lowest BCUT2D eigenvalue weighted by atomic mass is 10.1. The van der Waals surface area contributed by atoms with Gasteiger partial charge in [0.1, 0.15) is 0 Å². The van der Waals surface area contributed by atoms with E-state index in [2.05, 4.69) is 34.5 Å². The Hall–Kier alpha value is -0.750. The molecule has 1 aromatic carbocycles. The number of aliphatic hydroxyl groups is 1. The molecule has 4 nitrogen and oxygen atoms in total. The van der Waals surface area contributed by atoms with Crippen molar-refractivity contribution >= 4 is 17.4 Å². The van der Waals surface area contributed by atoms with Crippen molar-refractivity contribution in [3.05, 3.63) is 29.8 Å². The van der Waals surface area contributed by atoms with E-state index >= 15 is 0 Å². The lowest BCUT2D eigenvalue weighted by molar-refractivity contribution is 0.0846. The molecule has 1 aliphatic heterocycles. The summed E-state index contributed by atoms with van der Waals surface area (Å²) in [7, 11) is 0. The van der Waals surface area contributed by atoms with E-state index in [-0.39, 0.29) is 0 Å². The monoisotopic (exact) mass is 310 g/mol. The third-order valence-corrected chi connectivity index (χ3v) is 4.53. The second kappa shape index (κ2) is 8.03. The fourth-order valence-corrected chi connectivity index (χ4v) is 3.33. The lowest BCUT2D eigenvalue weighted by Crippen LogP contribution is -2.40. The van der Waals surface area contributed by atoms with Gasteiger partial charge in [-0.25, -0.2) is 0 Å². The smallest absolute Gasteiger partial charge is 0.0833 e. The fourth-order valence-electron chi connectivity index (χ4n) is 2.60. The van der Waals surface area contributed by atoms with Crippen molar-refractivity contribution in [2.45, 2.75) is 19.1 Å². The van der Waals surface area contributed by atoms with Crippen LogP contribution in [0, 0.1) is 0 Å². The third-order valence-electron chi connectivity index (χ3n) is 3.62. The molecule has 0 bridgehead atoms. The maximum absolute atomic E-state index is 10.2. The zero-order valence-electron chi connectivity index (χ0n) is 13.0. The molecule has 2 rings (SSSR count). The standard InChI is InChI=1S/C16H26N2O2S/c1-16(19,13-21-2)12-17-11-14-5-3-4-6-15(14)18-7-9-20-10-8-18/h3-6,17,19H,7-13H2,1-2H3. The van der Waals surface area contributed by atoms with Crippen molar-refractivity contribution in [3.8, 4) is 0 Å². The van der Waals surface area contributed by atoms with Crippen molar-refractivity contribution in [2.75, 3.05) is 49.8 Å². The van der Waals surface area contributed by atoms with Gasteiger partial charge in [0.05, 0.1) is 18.8 Å². The van der Waals surface area contributed by atoms with Crippen molar-refractivity contribution in [2.24, 2.45) is 0 Å². The highest BCUT2D eigenvalue weighted by molar-refractivity contribution is 7.98. The molecule has 1 saturated heterocycles. The summed E-state index contributed by atoms with van der Waals surface area (Å²) in [4.78, 5) is 2.38. The number of nitrogens with one attached hydrogen (secondary N) is 1. The minimum Gasteiger partial charge on any atom is -0.388 e. The van der Waals surface area contributed by atoms with Crippen LogP contribution in [0.15, 0.2) is 24.3 Å². The summed E-state index contributed by atoms with van der Waals surface area (Å²) >= 11 is 1.67. The van der Waals surface area contributed by atoms with E-state index in [1.54, 1.807) is 11.8 Å². The average Bonchev–Trinajstić information content (AvgIpc) is 2.48. The predicted molar refractivity (Wildman–Crippen MR) is 90.2 cm³/mol. The summed E-state index contributed by atoms with van der Waals surface area (Å²) in [6, 6.07) is 8.47. The number of anilines is 1. The SMILES string of the molecule is CSCC(C)(O)CNCc1ccccc1N1CCOCC1. The minimum atomic E-state index is -0.659. The van der Waals surface area contributed by atoms with E-state index in [9.17, 15) is 5.11 Å². The molecular weight excluding hydrogens is 284 g/mol. The highest BCUT2D eigenvalue weighted by atomic mass is 32.2. The number of benzene rings is 1. The molecule has 1 aliphatic rings. The van der Waals surface area contributed by atoms with Crippen molar-refractivity contribution < 1.29 is 9.84 Å². The number of rotatable bonds is 7. The largest absolute Gasteiger partial charge is 0.388 e. The average molecular weight is 310 g/mol. The molecule has 1 atom stereocenters. The number of ether oxygens (including phenoxy) is 1. The molecule has 1 fully saturated rings. The summed E-state index contributed by atoms with van der Waals surface area (Å²) in [6.07, 6.45) is 2.02. The lowest BCUT2D eigenvalue weighted by Gasteiger charge is -2.31. The minimum absolute atomic E-state index is 0.602. The highest BCUT2D eigenvalue weighted by Crippen LogP contribution is 2.21. The first-order valence-electron chi connectivity index (χ1n) is 7.45. The zero-order valence-corrected chi connectivity index (χ0v) is 13.8. The zero-order chi connectivity index (χ0) is 15.1. The van der Waals surface area contributed by atoms with Crippen molar-refractivity contribution in [1.82, 2.24) is 5.32 Å². The number of hydrogen-bond donors (Lipinski definition) is 2. The van der Waals surface area contributed by atoms with Crippen molar-refractivity contribution in [3.63, 3.8) is 0 Å². The Kier molecular flexibility index (Phi) is 6.36. The van der Waals surface area contributed by atoms with Crippen LogP contribution >= 0.6 is 11.8 Å².